The maximum atomic E-state index is 12.3. The van der Waals surface area contributed by atoms with Crippen molar-refractivity contribution in [3.63, 3.8) is 0 Å². The van der Waals surface area contributed by atoms with Gasteiger partial charge in [-0.05, 0) is 31.2 Å². The number of aromatic amines is 1. The van der Waals surface area contributed by atoms with Crippen LogP contribution in [0.15, 0.2) is 5.16 Å². The number of aromatic nitrogens is 3. The van der Waals surface area contributed by atoms with Gasteiger partial charge in [0.05, 0.1) is 18.4 Å². The highest BCUT2D eigenvalue weighted by atomic mass is 32.2. The third-order valence-electron chi connectivity index (χ3n) is 3.88. The van der Waals surface area contributed by atoms with Gasteiger partial charge in [0.1, 0.15) is 5.00 Å². The number of methoxy groups -OCH3 is 1. The first-order valence-corrected chi connectivity index (χ1v) is 9.72. The lowest BCUT2D eigenvalue weighted by molar-refractivity contribution is -0.113. The standard InChI is InChI=1S/C15H19N5O3S2/c1-23-13(22)11-8-5-3-2-4-6-9(8)25-12(11)17-10(21)7-24-15-18-14(16)19-20-15/h2-7H2,1H3,(H,17,21)(H3,16,18,19,20). The van der Waals surface area contributed by atoms with Gasteiger partial charge in [-0.3, -0.25) is 4.79 Å². The van der Waals surface area contributed by atoms with E-state index >= 15 is 0 Å². The molecule has 0 spiro atoms. The molecule has 10 heteroatoms. The van der Waals surface area contributed by atoms with Crippen LogP contribution in [0, 0.1) is 0 Å². The first-order chi connectivity index (χ1) is 12.1. The Balaban J connectivity index is 1.74. The van der Waals surface area contributed by atoms with Crippen molar-refractivity contribution in [2.75, 3.05) is 23.9 Å². The lowest BCUT2D eigenvalue weighted by Gasteiger charge is -2.07. The summed E-state index contributed by atoms with van der Waals surface area (Å²) in [5.41, 5.74) is 6.98. The van der Waals surface area contributed by atoms with Gasteiger partial charge in [0.25, 0.3) is 0 Å². The number of carbonyl (C=O) groups excluding carboxylic acids is 2. The van der Waals surface area contributed by atoms with Crippen LogP contribution in [0.5, 0.6) is 0 Å². The number of esters is 1. The van der Waals surface area contributed by atoms with E-state index in [9.17, 15) is 9.59 Å². The molecule has 3 rings (SSSR count). The summed E-state index contributed by atoms with van der Waals surface area (Å²) in [6.45, 7) is 0. The third kappa shape index (κ3) is 4.13. The van der Waals surface area contributed by atoms with Crippen molar-refractivity contribution in [2.45, 2.75) is 37.3 Å². The number of ether oxygens (including phenoxy) is 1. The minimum absolute atomic E-state index is 0.125. The summed E-state index contributed by atoms with van der Waals surface area (Å²) in [6.07, 6.45) is 5.08. The van der Waals surface area contributed by atoms with E-state index in [0.29, 0.717) is 15.7 Å². The number of anilines is 2. The van der Waals surface area contributed by atoms with E-state index < -0.39 is 5.97 Å². The summed E-state index contributed by atoms with van der Waals surface area (Å²) in [5, 5.41) is 10.2. The average molecular weight is 381 g/mol. The Morgan fingerprint density at radius 1 is 1.36 bits per heavy atom. The summed E-state index contributed by atoms with van der Waals surface area (Å²) in [4.78, 5) is 29.6. The number of carbonyl (C=O) groups is 2. The van der Waals surface area contributed by atoms with Gasteiger partial charge >= 0.3 is 5.97 Å². The highest BCUT2D eigenvalue weighted by molar-refractivity contribution is 7.99. The Morgan fingerprint density at radius 2 is 2.16 bits per heavy atom. The van der Waals surface area contributed by atoms with E-state index in [4.69, 9.17) is 10.5 Å². The molecule has 0 fully saturated rings. The molecule has 0 saturated heterocycles. The highest BCUT2D eigenvalue weighted by Gasteiger charge is 2.26. The molecule has 2 heterocycles. The van der Waals surface area contributed by atoms with Gasteiger partial charge in [-0.15, -0.1) is 16.4 Å². The van der Waals surface area contributed by atoms with Crippen LogP contribution in [0.1, 0.15) is 40.1 Å². The van der Waals surface area contributed by atoms with Gasteiger partial charge in [-0.1, -0.05) is 18.2 Å². The fourth-order valence-electron chi connectivity index (χ4n) is 2.76. The molecule has 2 aromatic heterocycles. The Morgan fingerprint density at radius 3 is 2.88 bits per heavy atom. The molecule has 0 saturated carbocycles. The topological polar surface area (TPSA) is 123 Å². The first kappa shape index (κ1) is 17.7. The predicted molar refractivity (Wildman–Crippen MR) is 97.1 cm³/mol. The maximum Gasteiger partial charge on any atom is 0.341 e. The number of H-pyrrole nitrogens is 1. The summed E-state index contributed by atoms with van der Waals surface area (Å²) in [5.74, 6) is -0.294. The van der Waals surface area contributed by atoms with Crippen LogP contribution in [-0.2, 0) is 22.4 Å². The van der Waals surface area contributed by atoms with Crippen molar-refractivity contribution < 1.29 is 14.3 Å². The number of nitrogens with two attached hydrogens (primary N) is 1. The molecule has 0 atom stereocenters. The van der Waals surface area contributed by atoms with Crippen LogP contribution < -0.4 is 11.1 Å². The Bertz CT molecular complexity index is 786. The van der Waals surface area contributed by atoms with E-state index in [2.05, 4.69) is 20.5 Å². The van der Waals surface area contributed by atoms with E-state index in [1.54, 1.807) is 0 Å². The molecule has 0 unspecified atom stereocenters. The van der Waals surface area contributed by atoms with E-state index in [-0.39, 0.29) is 17.6 Å². The second kappa shape index (κ2) is 7.87. The van der Waals surface area contributed by atoms with Gasteiger partial charge in [0.2, 0.25) is 17.0 Å². The minimum atomic E-state index is -0.399. The molecule has 8 nitrogen and oxygen atoms in total. The largest absolute Gasteiger partial charge is 0.465 e. The Hall–Kier alpha value is -2.07. The van der Waals surface area contributed by atoms with Crippen molar-refractivity contribution in [1.82, 2.24) is 15.2 Å². The SMILES string of the molecule is COC(=O)c1c(NC(=O)CSc2n[nH]c(N)n2)sc2c1CCCCC2. The molecule has 4 N–H and O–H groups in total. The number of nitrogens with one attached hydrogen (secondary N) is 2. The predicted octanol–water partition coefficient (Wildman–Crippen LogP) is 2.23. The quantitative estimate of drug-likeness (QED) is 0.412. The zero-order valence-electron chi connectivity index (χ0n) is 13.8. The van der Waals surface area contributed by atoms with Crippen molar-refractivity contribution in [1.29, 1.82) is 0 Å². The number of aryl methyl sites for hydroxylation is 1. The van der Waals surface area contributed by atoms with Gasteiger partial charge in [-0.2, -0.15) is 4.98 Å². The van der Waals surface area contributed by atoms with Crippen LogP contribution in [0.2, 0.25) is 0 Å². The highest BCUT2D eigenvalue weighted by Crippen LogP contribution is 2.38. The van der Waals surface area contributed by atoms with E-state index in [1.165, 1.54) is 35.1 Å². The molecule has 0 radical (unpaired) electrons. The number of nitrogens with zero attached hydrogens (tertiary/aromatic N) is 2. The number of hydrogen-bond donors (Lipinski definition) is 3. The number of thiophene rings is 1. The van der Waals surface area contributed by atoms with Gasteiger partial charge < -0.3 is 15.8 Å². The molecule has 1 aliphatic rings. The Labute approximate surface area is 152 Å². The zero-order chi connectivity index (χ0) is 17.8. The number of amides is 1. The van der Waals surface area contributed by atoms with E-state index in [0.717, 1.165) is 37.7 Å². The summed E-state index contributed by atoms with van der Waals surface area (Å²) in [7, 11) is 1.36. The maximum absolute atomic E-state index is 12.3. The molecule has 134 valence electrons. The second-order valence-corrected chi connectivity index (χ2v) is 7.65. The van der Waals surface area contributed by atoms with Crippen LogP contribution >= 0.6 is 23.1 Å². The second-order valence-electron chi connectivity index (χ2n) is 5.60. The number of fused-ring (bicyclic) bond motifs is 1. The number of rotatable bonds is 5. The van der Waals surface area contributed by atoms with Crippen LogP contribution in [-0.4, -0.2) is 39.9 Å². The van der Waals surface area contributed by atoms with Crippen molar-refractivity contribution in [2.24, 2.45) is 0 Å². The van der Waals surface area contributed by atoms with Crippen LogP contribution in [0.25, 0.3) is 0 Å². The summed E-state index contributed by atoms with van der Waals surface area (Å²) < 4.78 is 4.93. The summed E-state index contributed by atoms with van der Waals surface area (Å²) in [6, 6.07) is 0. The van der Waals surface area contributed by atoms with E-state index in [1.807, 2.05) is 0 Å². The summed E-state index contributed by atoms with van der Waals surface area (Å²) >= 11 is 2.64. The van der Waals surface area contributed by atoms with Gasteiger partial charge in [0, 0.05) is 4.88 Å². The fourth-order valence-corrected chi connectivity index (χ4v) is 4.66. The minimum Gasteiger partial charge on any atom is -0.465 e. The average Bonchev–Trinajstić information content (AvgIpc) is 3.08. The molecule has 0 aliphatic heterocycles. The molecule has 1 amide bonds. The molecule has 25 heavy (non-hydrogen) atoms. The van der Waals surface area contributed by atoms with Gasteiger partial charge in [0.15, 0.2) is 0 Å². The number of hydrogen-bond acceptors (Lipinski definition) is 8. The first-order valence-electron chi connectivity index (χ1n) is 7.92. The molecule has 0 aromatic carbocycles. The van der Waals surface area contributed by atoms with Crippen molar-refractivity contribution >= 4 is 45.9 Å². The monoisotopic (exact) mass is 381 g/mol. The molecule has 0 bridgehead atoms. The van der Waals surface area contributed by atoms with Crippen LogP contribution in [0.3, 0.4) is 0 Å². The normalized spacial score (nSPS) is 13.8. The van der Waals surface area contributed by atoms with Crippen molar-refractivity contribution in [3.05, 3.63) is 16.0 Å². The lowest BCUT2D eigenvalue weighted by atomic mass is 10.1. The third-order valence-corrected chi connectivity index (χ3v) is 5.93. The number of nitrogen functional groups attached to an aromatic ring is 1. The number of thioether (sulfide) groups is 1. The smallest absolute Gasteiger partial charge is 0.341 e. The molecular weight excluding hydrogens is 362 g/mol. The lowest BCUT2D eigenvalue weighted by Crippen LogP contribution is -2.16. The van der Waals surface area contributed by atoms with Gasteiger partial charge in [-0.25, -0.2) is 9.89 Å². The molecule has 2 aromatic rings. The molecular formula is C15H19N5O3S2. The zero-order valence-corrected chi connectivity index (χ0v) is 15.4. The van der Waals surface area contributed by atoms with Crippen molar-refractivity contribution in [3.8, 4) is 0 Å². The Kier molecular flexibility index (Phi) is 5.59. The molecule has 1 aliphatic carbocycles. The van der Waals surface area contributed by atoms with Crippen LogP contribution in [0.4, 0.5) is 10.9 Å². The fraction of sp³-hybridized carbons (Fsp3) is 0.467.